The van der Waals surface area contributed by atoms with Crippen LogP contribution in [0, 0.1) is 6.92 Å². The summed E-state index contributed by atoms with van der Waals surface area (Å²) in [5, 5.41) is 0. The third-order valence-corrected chi connectivity index (χ3v) is 3.89. The van der Waals surface area contributed by atoms with Gasteiger partial charge >= 0.3 is 0 Å². The van der Waals surface area contributed by atoms with E-state index in [2.05, 4.69) is 26.0 Å². The van der Waals surface area contributed by atoms with Crippen LogP contribution in [0.25, 0.3) is 0 Å². The first-order valence-electron chi connectivity index (χ1n) is 5.80. The first kappa shape index (κ1) is 9.97. The Hall–Kier alpha value is -1.22. The van der Waals surface area contributed by atoms with Crippen LogP contribution >= 0.6 is 0 Å². The molecule has 1 unspecified atom stereocenters. The Kier molecular flexibility index (Phi) is 1.96. The molecule has 2 N–H and O–H groups in total. The SMILES string of the molecule is Cc1cc(C2(C(C)N)CC2)cc2c1OCO2. The Morgan fingerprint density at radius 3 is 2.69 bits per heavy atom. The summed E-state index contributed by atoms with van der Waals surface area (Å²) in [6.07, 6.45) is 2.37. The van der Waals surface area contributed by atoms with Crippen molar-refractivity contribution >= 4 is 0 Å². The monoisotopic (exact) mass is 219 g/mol. The fourth-order valence-electron chi connectivity index (χ4n) is 2.61. The van der Waals surface area contributed by atoms with Gasteiger partial charge in [-0.05, 0) is 43.9 Å². The summed E-state index contributed by atoms with van der Waals surface area (Å²) in [4.78, 5) is 0. The standard InChI is InChI=1S/C13H17NO2/c1-8-5-10(13(3-4-13)9(2)14)6-11-12(8)16-7-15-11/h5-6,9H,3-4,7,14H2,1-2H3. The molecule has 0 spiro atoms. The van der Waals surface area contributed by atoms with Gasteiger partial charge in [0.1, 0.15) is 0 Å². The fourth-order valence-corrected chi connectivity index (χ4v) is 2.61. The van der Waals surface area contributed by atoms with Crippen LogP contribution in [0.1, 0.15) is 30.9 Å². The van der Waals surface area contributed by atoms with Crippen molar-refractivity contribution in [2.45, 2.75) is 38.1 Å². The molecule has 16 heavy (non-hydrogen) atoms. The van der Waals surface area contributed by atoms with E-state index < -0.39 is 0 Å². The molecule has 3 heteroatoms. The maximum absolute atomic E-state index is 6.09. The molecular weight excluding hydrogens is 202 g/mol. The summed E-state index contributed by atoms with van der Waals surface area (Å²) in [5.41, 5.74) is 8.73. The van der Waals surface area contributed by atoms with Gasteiger partial charge in [0.25, 0.3) is 0 Å². The van der Waals surface area contributed by atoms with E-state index in [0.29, 0.717) is 6.79 Å². The summed E-state index contributed by atoms with van der Waals surface area (Å²) in [6, 6.07) is 4.50. The van der Waals surface area contributed by atoms with Gasteiger partial charge in [0.05, 0.1) is 0 Å². The van der Waals surface area contributed by atoms with Gasteiger partial charge in [-0.3, -0.25) is 0 Å². The first-order chi connectivity index (χ1) is 7.63. The van der Waals surface area contributed by atoms with Crippen LogP contribution in [0.2, 0.25) is 0 Å². The average molecular weight is 219 g/mol. The summed E-state index contributed by atoms with van der Waals surface area (Å²) >= 11 is 0. The Morgan fingerprint density at radius 2 is 2.06 bits per heavy atom. The van der Waals surface area contributed by atoms with E-state index in [1.54, 1.807) is 0 Å². The number of benzene rings is 1. The smallest absolute Gasteiger partial charge is 0.231 e. The number of aryl methyl sites for hydroxylation is 1. The van der Waals surface area contributed by atoms with Crippen LogP contribution in [-0.4, -0.2) is 12.8 Å². The van der Waals surface area contributed by atoms with Crippen molar-refractivity contribution in [3.63, 3.8) is 0 Å². The van der Waals surface area contributed by atoms with E-state index in [0.717, 1.165) is 17.1 Å². The zero-order valence-corrected chi connectivity index (χ0v) is 9.75. The van der Waals surface area contributed by atoms with Crippen molar-refractivity contribution in [3.05, 3.63) is 23.3 Å². The molecular formula is C13H17NO2. The minimum atomic E-state index is 0.186. The third-order valence-electron chi connectivity index (χ3n) is 3.89. The van der Waals surface area contributed by atoms with Crippen molar-refractivity contribution in [3.8, 4) is 11.5 Å². The molecule has 0 bridgehead atoms. The highest BCUT2D eigenvalue weighted by Crippen LogP contribution is 2.52. The maximum Gasteiger partial charge on any atom is 0.231 e. The molecule has 0 amide bonds. The molecule has 1 aliphatic heterocycles. The molecule has 3 rings (SSSR count). The zero-order valence-electron chi connectivity index (χ0n) is 9.75. The van der Waals surface area contributed by atoms with Crippen molar-refractivity contribution in [2.75, 3.05) is 6.79 Å². The van der Waals surface area contributed by atoms with Crippen LogP contribution in [0.5, 0.6) is 11.5 Å². The highest BCUT2D eigenvalue weighted by atomic mass is 16.7. The maximum atomic E-state index is 6.09. The Bertz CT molecular complexity index is 436. The van der Waals surface area contributed by atoms with Gasteiger partial charge in [-0.15, -0.1) is 0 Å². The molecule has 3 nitrogen and oxygen atoms in total. The van der Waals surface area contributed by atoms with Crippen LogP contribution in [0.4, 0.5) is 0 Å². The lowest BCUT2D eigenvalue weighted by Gasteiger charge is -2.21. The third kappa shape index (κ3) is 1.24. The summed E-state index contributed by atoms with van der Waals surface area (Å²) in [7, 11) is 0. The number of fused-ring (bicyclic) bond motifs is 1. The molecule has 1 atom stereocenters. The fraction of sp³-hybridized carbons (Fsp3) is 0.538. The molecule has 0 saturated heterocycles. The quantitative estimate of drug-likeness (QED) is 0.828. The highest BCUT2D eigenvalue weighted by molar-refractivity contribution is 5.53. The molecule has 1 aliphatic carbocycles. The molecule has 1 fully saturated rings. The summed E-state index contributed by atoms with van der Waals surface area (Å²) in [5.74, 6) is 1.77. The minimum Gasteiger partial charge on any atom is -0.454 e. The lowest BCUT2D eigenvalue weighted by Crippen LogP contribution is -2.31. The second kappa shape index (κ2) is 3.14. The van der Waals surface area contributed by atoms with Gasteiger partial charge in [-0.1, -0.05) is 6.07 Å². The van der Waals surface area contributed by atoms with E-state index in [4.69, 9.17) is 15.2 Å². The highest BCUT2D eigenvalue weighted by Gasteiger charge is 2.48. The summed E-state index contributed by atoms with van der Waals surface area (Å²) in [6.45, 7) is 4.49. The molecule has 0 radical (unpaired) electrons. The van der Waals surface area contributed by atoms with Gasteiger partial charge in [0, 0.05) is 11.5 Å². The lowest BCUT2D eigenvalue weighted by molar-refractivity contribution is 0.173. The number of rotatable bonds is 2. The predicted molar refractivity (Wildman–Crippen MR) is 61.9 cm³/mol. The zero-order chi connectivity index (χ0) is 11.3. The number of hydrogen-bond acceptors (Lipinski definition) is 3. The van der Waals surface area contributed by atoms with Gasteiger partial charge in [-0.2, -0.15) is 0 Å². The van der Waals surface area contributed by atoms with E-state index >= 15 is 0 Å². The van der Waals surface area contributed by atoms with Crippen molar-refractivity contribution in [2.24, 2.45) is 5.73 Å². The molecule has 1 aromatic rings. The Morgan fingerprint density at radius 1 is 1.31 bits per heavy atom. The minimum absolute atomic E-state index is 0.186. The Balaban J connectivity index is 2.07. The first-order valence-corrected chi connectivity index (χ1v) is 5.80. The second-order valence-corrected chi connectivity index (χ2v) is 4.97. The van der Waals surface area contributed by atoms with E-state index in [-0.39, 0.29) is 11.5 Å². The van der Waals surface area contributed by atoms with Crippen LogP contribution < -0.4 is 15.2 Å². The van der Waals surface area contributed by atoms with E-state index in [1.807, 2.05) is 0 Å². The van der Waals surface area contributed by atoms with Crippen LogP contribution in [0.15, 0.2) is 12.1 Å². The molecule has 1 heterocycles. The number of hydrogen-bond donors (Lipinski definition) is 1. The number of ether oxygens (including phenoxy) is 2. The van der Waals surface area contributed by atoms with Crippen molar-refractivity contribution < 1.29 is 9.47 Å². The Labute approximate surface area is 95.5 Å². The summed E-state index contributed by atoms with van der Waals surface area (Å²) < 4.78 is 10.9. The van der Waals surface area contributed by atoms with Crippen molar-refractivity contribution in [1.29, 1.82) is 0 Å². The normalized spacial score (nSPS) is 21.9. The molecule has 0 aromatic heterocycles. The average Bonchev–Trinajstić information content (AvgIpc) is 2.92. The molecule has 86 valence electrons. The van der Waals surface area contributed by atoms with Gasteiger partial charge in [0.15, 0.2) is 11.5 Å². The van der Waals surface area contributed by atoms with Gasteiger partial charge in [-0.25, -0.2) is 0 Å². The van der Waals surface area contributed by atoms with Crippen LogP contribution in [-0.2, 0) is 5.41 Å². The predicted octanol–water partition coefficient (Wildman–Crippen LogP) is 2.10. The van der Waals surface area contributed by atoms with E-state index in [9.17, 15) is 0 Å². The topological polar surface area (TPSA) is 44.5 Å². The largest absolute Gasteiger partial charge is 0.454 e. The van der Waals surface area contributed by atoms with Gasteiger partial charge in [0.2, 0.25) is 6.79 Å². The van der Waals surface area contributed by atoms with E-state index in [1.165, 1.54) is 18.4 Å². The molecule has 1 aromatic carbocycles. The van der Waals surface area contributed by atoms with Crippen LogP contribution in [0.3, 0.4) is 0 Å². The van der Waals surface area contributed by atoms with Crippen molar-refractivity contribution in [1.82, 2.24) is 0 Å². The second-order valence-electron chi connectivity index (χ2n) is 4.97. The number of nitrogens with two attached hydrogens (primary N) is 1. The molecule has 2 aliphatic rings. The van der Waals surface area contributed by atoms with Gasteiger partial charge < -0.3 is 15.2 Å². The molecule has 1 saturated carbocycles. The lowest BCUT2D eigenvalue weighted by atomic mass is 9.88.